The Labute approximate surface area is 181 Å². The standard InChI is InChI=1S/C26H31O3P/c1-25(2,3)21-14-17-24(23(18-21)26(4,5)6)29-30(27)28-22-15-12-20(13-16-22)19-10-8-7-9-11-19/h7-18,27H,1-6H3. The fourth-order valence-corrected chi connectivity index (χ4v) is 3.86. The van der Waals surface area contributed by atoms with Crippen LogP contribution in [-0.2, 0) is 10.8 Å². The Bertz CT molecular complexity index is 968. The zero-order valence-electron chi connectivity index (χ0n) is 18.6. The van der Waals surface area contributed by atoms with Crippen molar-refractivity contribution in [3.8, 4) is 22.6 Å². The highest BCUT2D eigenvalue weighted by molar-refractivity contribution is 7.41. The van der Waals surface area contributed by atoms with Gasteiger partial charge < -0.3 is 13.9 Å². The van der Waals surface area contributed by atoms with Gasteiger partial charge in [0.2, 0.25) is 0 Å². The largest absolute Gasteiger partial charge is 0.460 e. The molecule has 0 aromatic heterocycles. The van der Waals surface area contributed by atoms with E-state index in [2.05, 4.69) is 65.8 Å². The Balaban J connectivity index is 1.75. The average Bonchev–Trinajstić information content (AvgIpc) is 2.68. The fourth-order valence-electron chi connectivity index (χ4n) is 3.19. The number of hydrogen-bond acceptors (Lipinski definition) is 3. The highest BCUT2D eigenvalue weighted by Gasteiger charge is 2.25. The van der Waals surface area contributed by atoms with Crippen LogP contribution in [0.1, 0.15) is 52.7 Å². The molecule has 1 unspecified atom stereocenters. The first-order chi connectivity index (χ1) is 14.0. The molecule has 0 radical (unpaired) electrons. The van der Waals surface area contributed by atoms with Gasteiger partial charge in [-0.1, -0.05) is 96.1 Å². The van der Waals surface area contributed by atoms with Crippen LogP contribution in [0.2, 0.25) is 0 Å². The molecule has 1 N–H and O–H groups in total. The lowest BCUT2D eigenvalue weighted by atomic mass is 9.80. The summed E-state index contributed by atoms with van der Waals surface area (Å²) in [4.78, 5) is 10.5. The maximum Gasteiger partial charge on any atom is 0.460 e. The van der Waals surface area contributed by atoms with Crippen molar-refractivity contribution in [3.63, 3.8) is 0 Å². The molecule has 0 spiro atoms. The summed E-state index contributed by atoms with van der Waals surface area (Å²) < 4.78 is 11.5. The number of benzene rings is 3. The van der Waals surface area contributed by atoms with E-state index in [9.17, 15) is 4.89 Å². The lowest BCUT2D eigenvalue weighted by Gasteiger charge is -2.27. The lowest BCUT2D eigenvalue weighted by Crippen LogP contribution is -2.17. The van der Waals surface area contributed by atoms with E-state index in [4.69, 9.17) is 9.05 Å². The third-order valence-corrected chi connectivity index (χ3v) is 5.69. The summed E-state index contributed by atoms with van der Waals surface area (Å²) >= 11 is 0. The van der Waals surface area contributed by atoms with Gasteiger partial charge in [-0.15, -0.1) is 0 Å². The van der Waals surface area contributed by atoms with Gasteiger partial charge in [0.15, 0.2) is 0 Å². The Morgan fingerprint density at radius 1 is 0.667 bits per heavy atom. The summed E-state index contributed by atoms with van der Waals surface area (Å²) in [6.07, 6.45) is 0. The third kappa shape index (κ3) is 5.62. The second kappa shape index (κ2) is 8.79. The molecule has 0 aliphatic rings. The first kappa shape index (κ1) is 22.3. The van der Waals surface area contributed by atoms with E-state index in [1.54, 1.807) is 0 Å². The van der Waals surface area contributed by atoms with Crippen molar-refractivity contribution in [1.82, 2.24) is 0 Å². The average molecular weight is 423 g/mol. The molecule has 0 saturated heterocycles. The lowest BCUT2D eigenvalue weighted by molar-refractivity contribution is 0.376. The van der Waals surface area contributed by atoms with Gasteiger partial charge in [0.1, 0.15) is 11.5 Å². The molecule has 0 saturated carbocycles. The molecule has 0 aliphatic heterocycles. The van der Waals surface area contributed by atoms with E-state index in [0.29, 0.717) is 11.5 Å². The normalized spacial score (nSPS) is 13.0. The van der Waals surface area contributed by atoms with E-state index in [-0.39, 0.29) is 10.8 Å². The van der Waals surface area contributed by atoms with Gasteiger partial charge in [-0.25, -0.2) is 0 Å². The molecule has 0 bridgehead atoms. The predicted molar refractivity (Wildman–Crippen MR) is 126 cm³/mol. The Morgan fingerprint density at radius 2 is 1.27 bits per heavy atom. The van der Waals surface area contributed by atoms with Crippen molar-refractivity contribution >= 4 is 8.60 Å². The van der Waals surface area contributed by atoms with Crippen LogP contribution in [0, 0.1) is 0 Å². The van der Waals surface area contributed by atoms with Gasteiger partial charge in [-0.05, 0) is 45.7 Å². The molecule has 1 atom stereocenters. The van der Waals surface area contributed by atoms with Gasteiger partial charge in [-0.3, -0.25) is 0 Å². The summed E-state index contributed by atoms with van der Waals surface area (Å²) in [6, 6.07) is 24.0. The van der Waals surface area contributed by atoms with E-state index >= 15 is 0 Å². The van der Waals surface area contributed by atoms with Crippen LogP contribution >= 0.6 is 8.60 Å². The molecular formula is C26H31O3P. The maximum absolute atomic E-state index is 10.5. The molecule has 4 heteroatoms. The monoisotopic (exact) mass is 422 g/mol. The van der Waals surface area contributed by atoms with Gasteiger partial charge in [-0.2, -0.15) is 0 Å². The van der Waals surface area contributed by atoms with Crippen molar-refractivity contribution in [2.75, 3.05) is 0 Å². The van der Waals surface area contributed by atoms with Crippen molar-refractivity contribution < 1.29 is 13.9 Å². The van der Waals surface area contributed by atoms with Gasteiger partial charge in [0.05, 0.1) is 0 Å². The summed E-state index contributed by atoms with van der Waals surface area (Å²) in [5.74, 6) is 1.23. The highest BCUT2D eigenvalue weighted by Crippen LogP contribution is 2.42. The molecule has 0 heterocycles. The minimum Gasteiger partial charge on any atom is -0.418 e. The van der Waals surface area contributed by atoms with Gasteiger partial charge in [0.25, 0.3) is 0 Å². The Morgan fingerprint density at radius 3 is 1.83 bits per heavy atom. The second-order valence-electron chi connectivity index (χ2n) is 9.52. The number of hydrogen-bond donors (Lipinski definition) is 1. The summed E-state index contributed by atoms with van der Waals surface area (Å²) in [7, 11) is -2.10. The van der Waals surface area contributed by atoms with Crippen molar-refractivity contribution in [2.24, 2.45) is 0 Å². The van der Waals surface area contributed by atoms with Crippen LogP contribution < -0.4 is 9.05 Å². The first-order valence-electron chi connectivity index (χ1n) is 10.2. The quantitative estimate of drug-likeness (QED) is 0.430. The number of rotatable bonds is 5. The fraction of sp³-hybridized carbons (Fsp3) is 0.308. The summed E-state index contributed by atoms with van der Waals surface area (Å²) in [5, 5.41) is 0. The smallest absolute Gasteiger partial charge is 0.418 e. The Kier molecular flexibility index (Phi) is 6.55. The molecule has 3 nitrogen and oxygen atoms in total. The first-order valence-corrected chi connectivity index (χ1v) is 11.3. The SMILES string of the molecule is CC(C)(C)c1ccc(OP(O)Oc2ccc(-c3ccccc3)cc2)c(C(C)(C)C)c1. The van der Waals surface area contributed by atoms with E-state index in [0.717, 1.165) is 16.7 Å². The van der Waals surface area contributed by atoms with Crippen LogP contribution in [0.4, 0.5) is 0 Å². The van der Waals surface area contributed by atoms with Crippen LogP contribution in [-0.4, -0.2) is 4.89 Å². The van der Waals surface area contributed by atoms with E-state index in [1.165, 1.54) is 5.56 Å². The highest BCUT2D eigenvalue weighted by atomic mass is 31.2. The van der Waals surface area contributed by atoms with Crippen LogP contribution in [0.25, 0.3) is 11.1 Å². The maximum atomic E-state index is 10.5. The molecule has 3 aromatic carbocycles. The minimum atomic E-state index is -2.10. The Hall–Kier alpha value is -2.35. The topological polar surface area (TPSA) is 38.7 Å². The molecule has 0 aliphatic carbocycles. The summed E-state index contributed by atoms with van der Waals surface area (Å²) in [5.41, 5.74) is 4.45. The van der Waals surface area contributed by atoms with Crippen molar-refractivity contribution in [2.45, 2.75) is 52.4 Å². The van der Waals surface area contributed by atoms with Gasteiger partial charge in [0, 0.05) is 5.56 Å². The van der Waals surface area contributed by atoms with Crippen LogP contribution in [0.15, 0.2) is 72.8 Å². The third-order valence-electron chi connectivity index (χ3n) is 4.97. The van der Waals surface area contributed by atoms with E-state index in [1.807, 2.05) is 48.5 Å². The summed E-state index contributed by atoms with van der Waals surface area (Å²) in [6.45, 7) is 13.0. The van der Waals surface area contributed by atoms with Crippen molar-refractivity contribution in [3.05, 3.63) is 83.9 Å². The zero-order chi connectivity index (χ0) is 21.9. The molecule has 158 valence electrons. The second-order valence-corrected chi connectivity index (χ2v) is 10.4. The molecule has 30 heavy (non-hydrogen) atoms. The molecule has 0 amide bonds. The predicted octanol–water partition coefficient (Wildman–Crippen LogP) is 7.63. The molecule has 0 fully saturated rings. The molecule has 3 rings (SSSR count). The molecule has 3 aromatic rings. The van der Waals surface area contributed by atoms with Gasteiger partial charge >= 0.3 is 8.60 Å². The van der Waals surface area contributed by atoms with Crippen LogP contribution in [0.5, 0.6) is 11.5 Å². The minimum absolute atomic E-state index is 0.0411. The van der Waals surface area contributed by atoms with Crippen molar-refractivity contribution in [1.29, 1.82) is 0 Å². The molecular weight excluding hydrogens is 391 g/mol. The van der Waals surface area contributed by atoms with E-state index < -0.39 is 8.60 Å². The van der Waals surface area contributed by atoms with Crippen LogP contribution in [0.3, 0.4) is 0 Å². The zero-order valence-corrected chi connectivity index (χ0v) is 19.5.